The van der Waals surface area contributed by atoms with Crippen molar-refractivity contribution in [3.63, 3.8) is 0 Å². The molecule has 0 amide bonds. The van der Waals surface area contributed by atoms with E-state index >= 15 is 0 Å². The number of hydrogen-bond acceptors (Lipinski definition) is 2. The summed E-state index contributed by atoms with van der Waals surface area (Å²) in [4.78, 5) is 0. The van der Waals surface area contributed by atoms with E-state index in [0.29, 0.717) is 9.13 Å². The first kappa shape index (κ1) is 15.7. The quantitative estimate of drug-likeness (QED) is 0.695. The standard InChI is InChI=1S/C14H10BrF2IO2/c1-20-8-5-10(16)13(11(17)6-8)14(19)9-4-7(15)2-3-12(9)18/h2-6,14,19H,1H3. The zero-order chi connectivity index (χ0) is 14.9. The molecule has 1 unspecified atom stereocenters. The number of methoxy groups -OCH3 is 1. The van der Waals surface area contributed by atoms with E-state index in [-0.39, 0.29) is 11.3 Å². The average Bonchev–Trinajstić information content (AvgIpc) is 2.40. The third-order valence-corrected chi connectivity index (χ3v) is 4.29. The predicted molar refractivity (Wildman–Crippen MR) is 83.8 cm³/mol. The summed E-state index contributed by atoms with van der Waals surface area (Å²) in [6.07, 6.45) is -1.38. The molecule has 1 N–H and O–H groups in total. The number of ether oxygens (including phenoxy) is 1. The van der Waals surface area contributed by atoms with Gasteiger partial charge in [0.15, 0.2) is 0 Å². The summed E-state index contributed by atoms with van der Waals surface area (Å²) in [7, 11) is 1.32. The van der Waals surface area contributed by atoms with Crippen molar-refractivity contribution in [1.29, 1.82) is 0 Å². The molecule has 2 aromatic rings. The first-order valence-electron chi connectivity index (χ1n) is 5.60. The van der Waals surface area contributed by atoms with Gasteiger partial charge in [-0.15, -0.1) is 0 Å². The van der Waals surface area contributed by atoms with Gasteiger partial charge in [0.1, 0.15) is 23.5 Å². The predicted octanol–water partition coefficient (Wildman–Crippen LogP) is 4.42. The van der Waals surface area contributed by atoms with Gasteiger partial charge in [-0.3, -0.25) is 0 Å². The summed E-state index contributed by atoms with van der Waals surface area (Å²) in [5.41, 5.74) is 0.0461. The van der Waals surface area contributed by atoms with Gasteiger partial charge in [0.2, 0.25) is 0 Å². The molecule has 106 valence electrons. The third kappa shape index (κ3) is 3.12. The van der Waals surface area contributed by atoms with Gasteiger partial charge in [0, 0.05) is 20.2 Å². The van der Waals surface area contributed by atoms with Gasteiger partial charge >= 0.3 is 0 Å². The van der Waals surface area contributed by atoms with Crippen molar-refractivity contribution in [3.05, 3.63) is 61.1 Å². The van der Waals surface area contributed by atoms with E-state index in [1.807, 2.05) is 22.6 Å². The molecule has 2 nitrogen and oxygen atoms in total. The minimum atomic E-state index is -1.38. The second-order valence-corrected chi connectivity index (χ2v) is 6.15. The molecule has 0 saturated carbocycles. The highest BCUT2D eigenvalue weighted by molar-refractivity contribution is 14.1. The van der Waals surface area contributed by atoms with E-state index in [0.717, 1.165) is 16.6 Å². The van der Waals surface area contributed by atoms with Crippen molar-refractivity contribution in [2.24, 2.45) is 0 Å². The maximum absolute atomic E-state index is 14.0. The number of hydrogen-bond donors (Lipinski definition) is 1. The highest BCUT2D eigenvalue weighted by Crippen LogP contribution is 2.33. The van der Waals surface area contributed by atoms with Crippen molar-refractivity contribution >= 4 is 38.5 Å². The lowest BCUT2D eigenvalue weighted by molar-refractivity contribution is 0.207. The summed E-state index contributed by atoms with van der Waals surface area (Å²) < 4.78 is 34.2. The summed E-state index contributed by atoms with van der Waals surface area (Å²) >= 11 is 5.28. The van der Waals surface area contributed by atoms with E-state index in [1.54, 1.807) is 18.2 Å². The zero-order valence-electron chi connectivity index (χ0n) is 10.3. The first-order valence-corrected chi connectivity index (χ1v) is 7.47. The number of aliphatic hydroxyl groups is 1. The number of aliphatic hydroxyl groups excluding tert-OH is 1. The summed E-state index contributed by atoms with van der Waals surface area (Å²) in [6.45, 7) is 0. The maximum Gasteiger partial charge on any atom is 0.135 e. The Balaban J connectivity index is 2.53. The van der Waals surface area contributed by atoms with Crippen molar-refractivity contribution in [2.75, 3.05) is 7.11 Å². The third-order valence-electron chi connectivity index (χ3n) is 2.81. The smallest absolute Gasteiger partial charge is 0.135 e. The first-order chi connectivity index (χ1) is 9.43. The van der Waals surface area contributed by atoms with Crippen LogP contribution < -0.4 is 4.74 Å². The molecule has 0 aliphatic rings. The molecule has 0 fully saturated rings. The Hall–Kier alpha value is -0.730. The molecule has 0 spiro atoms. The number of benzene rings is 2. The Morgan fingerprint density at radius 1 is 1.20 bits per heavy atom. The fourth-order valence-electron chi connectivity index (χ4n) is 1.82. The lowest BCUT2D eigenvalue weighted by atomic mass is 10.0. The van der Waals surface area contributed by atoms with Gasteiger partial charge in [-0.25, -0.2) is 8.78 Å². The van der Waals surface area contributed by atoms with Crippen molar-refractivity contribution in [1.82, 2.24) is 0 Å². The Morgan fingerprint density at radius 3 is 2.35 bits per heavy atom. The van der Waals surface area contributed by atoms with Crippen LogP contribution in [0.4, 0.5) is 8.78 Å². The lowest BCUT2D eigenvalue weighted by Crippen LogP contribution is -2.08. The molecule has 0 heterocycles. The van der Waals surface area contributed by atoms with Crippen LogP contribution in [0, 0.1) is 15.2 Å². The Labute approximate surface area is 137 Å². The van der Waals surface area contributed by atoms with E-state index in [9.17, 15) is 13.9 Å². The highest BCUT2D eigenvalue weighted by atomic mass is 127. The van der Waals surface area contributed by atoms with Gasteiger partial charge < -0.3 is 9.84 Å². The molecule has 0 radical (unpaired) electrons. The van der Waals surface area contributed by atoms with E-state index in [1.165, 1.54) is 7.11 Å². The minimum absolute atomic E-state index is 0.0693. The average molecular weight is 455 g/mol. The van der Waals surface area contributed by atoms with E-state index in [4.69, 9.17) is 4.74 Å². The Bertz CT molecular complexity index is 626. The van der Waals surface area contributed by atoms with Gasteiger partial charge in [-0.2, -0.15) is 0 Å². The van der Waals surface area contributed by atoms with Crippen LogP contribution in [-0.4, -0.2) is 12.2 Å². The molecule has 0 bridgehead atoms. The van der Waals surface area contributed by atoms with Gasteiger partial charge in [0.05, 0.1) is 12.7 Å². The van der Waals surface area contributed by atoms with Crippen LogP contribution >= 0.6 is 38.5 Å². The zero-order valence-corrected chi connectivity index (χ0v) is 14.1. The molecule has 0 saturated heterocycles. The fourth-order valence-corrected chi connectivity index (χ4v) is 2.83. The number of halogens is 4. The molecule has 6 heteroatoms. The normalized spacial score (nSPS) is 12.3. The Kier molecular flexibility index (Phi) is 4.98. The maximum atomic E-state index is 14.0. The fraction of sp³-hybridized carbons (Fsp3) is 0.143. The largest absolute Gasteiger partial charge is 0.497 e. The van der Waals surface area contributed by atoms with Crippen molar-refractivity contribution in [2.45, 2.75) is 6.10 Å². The van der Waals surface area contributed by atoms with E-state index in [2.05, 4.69) is 15.9 Å². The lowest BCUT2D eigenvalue weighted by Gasteiger charge is -2.16. The van der Waals surface area contributed by atoms with E-state index < -0.39 is 17.7 Å². The summed E-state index contributed by atoms with van der Waals surface area (Å²) in [6, 6.07) is 7.27. The molecule has 0 aliphatic heterocycles. The monoisotopic (exact) mass is 454 g/mol. The van der Waals surface area contributed by atoms with Crippen LogP contribution in [-0.2, 0) is 0 Å². The van der Waals surface area contributed by atoms with Crippen molar-refractivity contribution in [3.8, 4) is 5.75 Å². The van der Waals surface area contributed by atoms with Crippen LogP contribution in [0.5, 0.6) is 5.75 Å². The van der Waals surface area contributed by atoms with Crippen LogP contribution in [0.15, 0.2) is 34.8 Å². The molecular weight excluding hydrogens is 445 g/mol. The SMILES string of the molecule is COc1cc(F)c(C(O)c2cc(Br)ccc2I)c(F)c1. The summed E-state index contributed by atoms with van der Waals surface area (Å²) in [5.74, 6) is -1.62. The number of rotatable bonds is 3. The molecule has 1 atom stereocenters. The molecular formula is C14H10BrF2IO2. The molecule has 0 aliphatic carbocycles. The molecule has 20 heavy (non-hydrogen) atoms. The molecule has 2 rings (SSSR count). The minimum Gasteiger partial charge on any atom is -0.497 e. The van der Waals surface area contributed by atoms with Gasteiger partial charge in [-0.05, 0) is 46.4 Å². The van der Waals surface area contributed by atoms with Crippen LogP contribution in [0.25, 0.3) is 0 Å². The van der Waals surface area contributed by atoms with Crippen molar-refractivity contribution < 1.29 is 18.6 Å². The van der Waals surface area contributed by atoms with Gasteiger partial charge in [-0.1, -0.05) is 15.9 Å². The molecule has 0 aromatic heterocycles. The summed E-state index contributed by atoms with van der Waals surface area (Å²) in [5, 5.41) is 10.3. The second kappa shape index (κ2) is 6.36. The van der Waals surface area contributed by atoms with Crippen LogP contribution in [0.3, 0.4) is 0 Å². The molecule has 2 aromatic carbocycles. The second-order valence-electron chi connectivity index (χ2n) is 4.07. The van der Waals surface area contributed by atoms with Gasteiger partial charge in [0.25, 0.3) is 0 Å². The highest BCUT2D eigenvalue weighted by Gasteiger charge is 2.23. The van der Waals surface area contributed by atoms with Crippen LogP contribution in [0.2, 0.25) is 0 Å². The topological polar surface area (TPSA) is 29.5 Å². The van der Waals surface area contributed by atoms with Crippen LogP contribution in [0.1, 0.15) is 17.2 Å². The Morgan fingerprint density at radius 2 is 1.80 bits per heavy atom.